The summed E-state index contributed by atoms with van der Waals surface area (Å²) >= 11 is 0. The monoisotopic (exact) mass is 153 g/mol. The van der Waals surface area contributed by atoms with Crippen LogP contribution in [-0.2, 0) is 4.79 Å². The van der Waals surface area contributed by atoms with Crippen LogP contribution >= 0.6 is 0 Å². The number of amides is 1. The number of carbonyl (C=O) groups is 1. The maximum absolute atomic E-state index is 10.3. The van der Waals surface area contributed by atoms with Crippen LogP contribution in [-0.4, -0.2) is 23.9 Å². The maximum Gasteiger partial charge on any atom is 0.209 e. The van der Waals surface area contributed by atoms with Crippen LogP contribution in [0.4, 0.5) is 0 Å². The van der Waals surface area contributed by atoms with Gasteiger partial charge in [0.25, 0.3) is 0 Å². The highest BCUT2D eigenvalue weighted by molar-refractivity contribution is 5.48. The van der Waals surface area contributed by atoms with Crippen molar-refractivity contribution in [1.82, 2.24) is 4.90 Å². The van der Waals surface area contributed by atoms with Crippen molar-refractivity contribution in [2.75, 3.05) is 6.54 Å². The number of carbonyl (C=O) groups excluding carboxylic acids is 1. The molecule has 1 aliphatic heterocycles. The molecule has 11 heavy (non-hydrogen) atoms. The Labute approximate surface area is 68.6 Å². The van der Waals surface area contributed by atoms with Crippen LogP contribution in [0.15, 0.2) is 0 Å². The van der Waals surface area contributed by atoms with Crippen molar-refractivity contribution in [3.05, 3.63) is 0 Å². The van der Waals surface area contributed by atoms with Gasteiger partial charge in [0.15, 0.2) is 0 Å². The Morgan fingerprint density at radius 2 is 2.00 bits per heavy atom. The first-order valence-electron chi connectivity index (χ1n) is 3.78. The second kappa shape index (κ2) is 4.79. The number of hydrogen-bond acceptors (Lipinski definition) is 1. The van der Waals surface area contributed by atoms with Crippen LogP contribution in [0, 0.1) is 18.8 Å². The van der Waals surface area contributed by atoms with Gasteiger partial charge in [0.05, 0.1) is 0 Å². The molecule has 0 bridgehead atoms. The molecule has 1 rings (SSSR count). The van der Waals surface area contributed by atoms with Crippen molar-refractivity contribution in [1.29, 1.82) is 0 Å². The Kier molecular flexibility index (Phi) is 4.36. The predicted molar refractivity (Wildman–Crippen MR) is 45.9 cm³/mol. The standard InChI is InChI=1S/C7H13NO.C2H2/c1-6-3-7(2)8(4-6)5-9;1-2/h5-7H,3-4H2,1-2H3;1-2H/t6-,7?;/m1./s1. The predicted octanol–water partition coefficient (Wildman–Crippen LogP) is 1.12. The molecule has 1 saturated heterocycles. The zero-order chi connectivity index (χ0) is 8.85. The highest BCUT2D eigenvalue weighted by atomic mass is 16.1. The summed E-state index contributed by atoms with van der Waals surface area (Å²) in [5.41, 5.74) is 0. The Morgan fingerprint density at radius 1 is 1.45 bits per heavy atom. The van der Waals surface area contributed by atoms with Crippen LogP contribution < -0.4 is 0 Å². The average molecular weight is 153 g/mol. The smallest absolute Gasteiger partial charge is 0.209 e. The van der Waals surface area contributed by atoms with Crippen molar-refractivity contribution in [3.8, 4) is 12.8 Å². The largest absolute Gasteiger partial charge is 0.342 e. The van der Waals surface area contributed by atoms with Crippen LogP contribution in [0.1, 0.15) is 20.3 Å². The van der Waals surface area contributed by atoms with Gasteiger partial charge in [-0.2, -0.15) is 0 Å². The van der Waals surface area contributed by atoms with E-state index in [1.807, 2.05) is 4.90 Å². The van der Waals surface area contributed by atoms with Crippen molar-refractivity contribution < 1.29 is 4.79 Å². The number of terminal acetylenes is 1. The highest BCUT2D eigenvalue weighted by Gasteiger charge is 2.23. The second-order valence-electron chi connectivity index (χ2n) is 2.99. The molecule has 0 aromatic carbocycles. The first kappa shape index (κ1) is 10.0. The number of likely N-dealkylation sites (tertiary alicyclic amines) is 1. The molecular weight excluding hydrogens is 138 g/mol. The highest BCUT2D eigenvalue weighted by Crippen LogP contribution is 2.19. The van der Waals surface area contributed by atoms with E-state index in [9.17, 15) is 4.79 Å². The lowest BCUT2D eigenvalue weighted by atomic mass is 10.1. The van der Waals surface area contributed by atoms with E-state index in [0.717, 1.165) is 13.0 Å². The lowest BCUT2D eigenvalue weighted by Gasteiger charge is -2.13. The van der Waals surface area contributed by atoms with Gasteiger partial charge >= 0.3 is 0 Å². The molecule has 1 fully saturated rings. The van der Waals surface area contributed by atoms with Gasteiger partial charge < -0.3 is 4.90 Å². The summed E-state index contributed by atoms with van der Waals surface area (Å²) in [6, 6.07) is 0.470. The fraction of sp³-hybridized carbons (Fsp3) is 0.667. The third-order valence-electron chi connectivity index (χ3n) is 1.97. The molecule has 0 aromatic rings. The Morgan fingerprint density at radius 3 is 2.18 bits per heavy atom. The van der Waals surface area contributed by atoms with Crippen molar-refractivity contribution >= 4 is 6.41 Å². The SMILES string of the molecule is C#C.CC1C[C@@H](C)CN1C=O. The Balaban J connectivity index is 0.000000461. The number of hydrogen-bond donors (Lipinski definition) is 0. The summed E-state index contributed by atoms with van der Waals surface area (Å²) < 4.78 is 0. The van der Waals surface area contributed by atoms with Crippen LogP contribution in [0.5, 0.6) is 0 Å². The summed E-state index contributed by atoms with van der Waals surface area (Å²) in [4.78, 5) is 12.2. The normalized spacial score (nSPS) is 28.9. The molecule has 62 valence electrons. The van der Waals surface area contributed by atoms with Gasteiger partial charge in [-0.25, -0.2) is 0 Å². The van der Waals surface area contributed by atoms with Gasteiger partial charge in [-0.1, -0.05) is 6.92 Å². The Bertz CT molecular complexity index is 142. The first-order chi connectivity index (χ1) is 5.24. The fourth-order valence-electron chi connectivity index (χ4n) is 1.48. The minimum Gasteiger partial charge on any atom is -0.342 e. The van der Waals surface area contributed by atoms with Crippen LogP contribution in [0.3, 0.4) is 0 Å². The molecule has 0 aromatic heterocycles. The van der Waals surface area contributed by atoms with Crippen molar-refractivity contribution in [2.45, 2.75) is 26.3 Å². The van der Waals surface area contributed by atoms with Crippen LogP contribution in [0.25, 0.3) is 0 Å². The van der Waals surface area contributed by atoms with E-state index in [2.05, 4.69) is 26.7 Å². The first-order valence-corrected chi connectivity index (χ1v) is 3.78. The maximum atomic E-state index is 10.3. The van der Waals surface area contributed by atoms with Crippen molar-refractivity contribution in [3.63, 3.8) is 0 Å². The molecule has 0 N–H and O–H groups in total. The molecular formula is C9H15NO. The molecule has 1 aliphatic rings. The quantitative estimate of drug-likeness (QED) is 0.408. The summed E-state index contributed by atoms with van der Waals surface area (Å²) in [5, 5.41) is 0. The van der Waals surface area contributed by atoms with E-state index in [1.165, 1.54) is 6.42 Å². The molecule has 0 radical (unpaired) electrons. The average Bonchev–Trinajstić information content (AvgIpc) is 2.33. The molecule has 0 saturated carbocycles. The molecule has 2 heteroatoms. The molecule has 1 amide bonds. The van der Waals surface area contributed by atoms with Gasteiger partial charge in [0.1, 0.15) is 0 Å². The van der Waals surface area contributed by atoms with Gasteiger partial charge in [0.2, 0.25) is 6.41 Å². The molecule has 0 spiro atoms. The lowest BCUT2D eigenvalue weighted by Crippen LogP contribution is -2.24. The summed E-state index contributed by atoms with van der Waals surface area (Å²) in [5.74, 6) is 0.699. The zero-order valence-electron chi connectivity index (χ0n) is 7.16. The number of rotatable bonds is 1. The van der Waals surface area contributed by atoms with E-state index >= 15 is 0 Å². The Hall–Kier alpha value is -0.970. The van der Waals surface area contributed by atoms with Gasteiger partial charge in [-0.3, -0.25) is 4.79 Å². The van der Waals surface area contributed by atoms with E-state index in [1.54, 1.807) is 0 Å². The van der Waals surface area contributed by atoms with Crippen molar-refractivity contribution in [2.24, 2.45) is 5.92 Å². The minimum absolute atomic E-state index is 0.470. The van der Waals surface area contributed by atoms with E-state index < -0.39 is 0 Å². The van der Waals surface area contributed by atoms with Gasteiger partial charge in [-0.05, 0) is 19.3 Å². The summed E-state index contributed by atoms with van der Waals surface area (Å²) in [6.45, 7) is 5.22. The third-order valence-corrected chi connectivity index (χ3v) is 1.97. The fourth-order valence-corrected chi connectivity index (χ4v) is 1.48. The molecule has 2 nitrogen and oxygen atoms in total. The van der Waals surface area contributed by atoms with E-state index in [-0.39, 0.29) is 0 Å². The molecule has 1 heterocycles. The van der Waals surface area contributed by atoms with E-state index in [4.69, 9.17) is 0 Å². The minimum atomic E-state index is 0.470. The summed E-state index contributed by atoms with van der Waals surface area (Å²) in [6.07, 6.45) is 10.1. The topological polar surface area (TPSA) is 20.3 Å². The molecule has 1 unspecified atom stereocenters. The molecule has 0 aliphatic carbocycles. The summed E-state index contributed by atoms with van der Waals surface area (Å²) in [7, 11) is 0. The van der Waals surface area contributed by atoms with E-state index in [0.29, 0.717) is 12.0 Å². The lowest BCUT2D eigenvalue weighted by molar-refractivity contribution is -0.118. The second-order valence-corrected chi connectivity index (χ2v) is 2.99. The number of nitrogens with zero attached hydrogens (tertiary/aromatic N) is 1. The van der Waals surface area contributed by atoms with Gasteiger partial charge in [-0.15, -0.1) is 12.8 Å². The van der Waals surface area contributed by atoms with Crippen LogP contribution in [0.2, 0.25) is 0 Å². The van der Waals surface area contributed by atoms with Gasteiger partial charge in [0, 0.05) is 12.6 Å². The molecule has 2 atom stereocenters. The zero-order valence-corrected chi connectivity index (χ0v) is 7.16. The third kappa shape index (κ3) is 2.63.